The predicted molar refractivity (Wildman–Crippen MR) is 73.3 cm³/mol. The largest absolute Gasteiger partial charge is 0.352 e. The van der Waals surface area contributed by atoms with Gasteiger partial charge in [0.15, 0.2) is 17.5 Å². The van der Waals surface area contributed by atoms with E-state index in [1.165, 1.54) is 0 Å². The smallest absolute Gasteiger partial charge is 0.254 e. The normalized spacial score (nSPS) is 22.6. The van der Waals surface area contributed by atoms with Crippen molar-refractivity contribution in [2.45, 2.75) is 30.5 Å². The summed E-state index contributed by atoms with van der Waals surface area (Å²) in [5, 5.41) is 2.59. The van der Waals surface area contributed by atoms with Crippen LogP contribution in [0.3, 0.4) is 0 Å². The average Bonchev–Trinajstić information content (AvgIpc) is 2.44. The van der Waals surface area contributed by atoms with Gasteiger partial charge < -0.3 is 5.32 Å². The minimum Gasteiger partial charge on any atom is -0.352 e. The lowest BCUT2D eigenvalue weighted by Crippen LogP contribution is -2.35. The molecule has 0 aromatic heterocycles. The molecule has 1 aliphatic rings. The number of amides is 1. The molecule has 2 nitrogen and oxygen atoms in total. The van der Waals surface area contributed by atoms with E-state index in [0.717, 1.165) is 37.8 Å². The third-order valence-corrected chi connectivity index (χ3v) is 4.83. The molecule has 0 heterocycles. The van der Waals surface area contributed by atoms with Crippen molar-refractivity contribution in [3.63, 3.8) is 0 Å². The summed E-state index contributed by atoms with van der Waals surface area (Å²) in [4.78, 5) is 12.1. The van der Waals surface area contributed by atoms with E-state index in [2.05, 4.69) is 21.2 Å². The quantitative estimate of drug-likeness (QED) is 0.652. The van der Waals surface area contributed by atoms with Gasteiger partial charge in [-0.1, -0.05) is 28.8 Å². The molecular weight excluding hydrogens is 335 g/mol. The Labute approximate surface area is 123 Å². The topological polar surface area (TPSA) is 29.1 Å². The molecule has 2 atom stereocenters. The number of hydrogen-bond donors (Lipinski definition) is 1. The first-order chi connectivity index (χ1) is 9.50. The molecule has 0 radical (unpaired) electrons. The van der Waals surface area contributed by atoms with E-state index in [1.54, 1.807) is 0 Å². The van der Waals surface area contributed by atoms with Crippen LogP contribution >= 0.6 is 15.9 Å². The second-order valence-electron chi connectivity index (χ2n) is 4.99. The molecule has 2 unspecified atom stereocenters. The number of nitrogens with one attached hydrogen (secondary N) is 1. The summed E-state index contributed by atoms with van der Waals surface area (Å²) < 4.78 is 39.3. The van der Waals surface area contributed by atoms with E-state index in [9.17, 15) is 18.0 Å². The maximum atomic E-state index is 13.5. The fraction of sp³-hybridized carbons (Fsp3) is 0.500. The van der Waals surface area contributed by atoms with Crippen molar-refractivity contribution < 1.29 is 18.0 Å². The first kappa shape index (κ1) is 15.4. The first-order valence-corrected chi connectivity index (χ1v) is 7.48. The summed E-state index contributed by atoms with van der Waals surface area (Å²) in [7, 11) is 0. The standard InChI is InChI=1S/C14H15BrF3NO/c15-10-4-2-1-3-8(10)7-19-14(20)9-5-6-11(16)13(18)12(9)17/h5-6,8,10H,1-4,7H2,(H,19,20). The van der Waals surface area contributed by atoms with Crippen LogP contribution in [0.4, 0.5) is 13.2 Å². The van der Waals surface area contributed by atoms with Gasteiger partial charge in [0.1, 0.15) is 0 Å². The van der Waals surface area contributed by atoms with Gasteiger partial charge in [0, 0.05) is 11.4 Å². The fourth-order valence-corrected chi connectivity index (χ4v) is 3.19. The molecule has 2 rings (SSSR count). The van der Waals surface area contributed by atoms with Gasteiger partial charge in [-0.25, -0.2) is 13.2 Å². The van der Waals surface area contributed by atoms with Gasteiger partial charge in [0.2, 0.25) is 0 Å². The van der Waals surface area contributed by atoms with Crippen molar-refractivity contribution in [1.29, 1.82) is 0 Å². The fourth-order valence-electron chi connectivity index (χ4n) is 2.41. The van der Waals surface area contributed by atoms with E-state index in [-0.39, 0.29) is 5.92 Å². The first-order valence-electron chi connectivity index (χ1n) is 6.56. The zero-order chi connectivity index (χ0) is 14.7. The van der Waals surface area contributed by atoms with Gasteiger partial charge in [-0.15, -0.1) is 0 Å². The molecule has 1 aromatic carbocycles. The van der Waals surface area contributed by atoms with Crippen LogP contribution in [-0.2, 0) is 0 Å². The number of benzene rings is 1. The van der Waals surface area contributed by atoms with Gasteiger partial charge in [-0.3, -0.25) is 4.79 Å². The van der Waals surface area contributed by atoms with Crippen molar-refractivity contribution in [3.05, 3.63) is 35.1 Å². The zero-order valence-electron chi connectivity index (χ0n) is 10.8. The molecule has 0 saturated heterocycles. The van der Waals surface area contributed by atoms with E-state index in [4.69, 9.17) is 0 Å². The van der Waals surface area contributed by atoms with E-state index in [1.807, 2.05) is 0 Å². The van der Waals surface area contributed by atoms with Crippen LogP contribution in [0.5, 0.6) is 0 Å². The highest BCUT2D eigenvalue weighted by atomic mass is 79.9. The molecule has 1 saturated carbocycles. The molecule has 0 spiro atoms. The monoisotopic (exact) mass is 349 g/mol. The average molecular weight is 350 g/mol. The molecule has 6 heteroatoms. The van der Waals surface area contributed by atoms with Gasteiger partial charge in [-0.2, -0.15) is 0 Å². The Balaban J connectivity index is 2.00. The van der Waals surface area contributed by atoms with Crippen molar-refractivity contribution in [1.82, 2.24) is 5.32 Å². The molecule has 1 aromatic rings. The highest BCUT2D eigenvalue weighted by molar-refractivity contribution is 9.09. The van der Waals surface area contributed by atoms with Crippen LogP contribution in [0.1, 0.15) is 36.0 Å². The maximum Gasteiger partial charge on any atom is 0.254 e. The number of hydrogen-bond acceptors (Lipinski definition) is 1. The molecule has 0 aliphatic heterocycles. The molecule has 20 heavy (non-hydrogen) atoms. The number of alkyl halides is 1. The summed E-state index contributed by atoms with van der Waals surface area (Å²) in [6.45, 7) is 0.396. The maximum absolute atomic E-state index is 13.5. The Morgan fingerprint density at radius 2 is 1.90 bits per heavy atom. The minimum absolute atomic E-state index is 0.279. The highest BCUT2D eigenvalue weighted by Crippen LogP contribution is 2.29. The highest BCUT2D eigenvalue weighted by Gasteiger charge is 2.24. The van der Waals surface area contributed by atoms with E-state index >= 15 is 0 Å². The Kier molecular flexibility index (Phi) is 5.07. The Hall–Kier alpha value is -1.04. The van der Waals surface area contributed by atoms with Crippen LogP contribution in [0.25, 0.3) is 0 Å². The van der Waals surface area contributed by atoms with E-state index in [0.29, 0.717) is 11.4 Å². The summed E-state index contributed by atoms with van der Waals surface area (Å²) in [6, 6.07) is 1.71. The lowest BCUT2D eigenvalue weighted by Gasteiger charge is -2.27. The second-order valence-corrected chi connectivity index (χ2v) is 6.17. The van der Waals surface area contributed by atoms with Gasteiger partial charge >= 0.3 is 0 Å². The summed E-state index contributed by atoms with van der Waals surface area (Å²) >= 11 is 3.56. The lowest BCUT2D eigenvalue weighted by molar-refractivity contribution is 0.0939. The number of carbonyl (C=O) groups is 1. The van der Waals surface area contributed by atoms with Gasteiger partial charge in [0.05, 0.1) is 5.56 Å². The second kappa shape index (κ2) is 6.61. The van der Waals surface area contributed by atoms with Crippen molar-refractivity contribution in [2.24, 2.45) is 5.92 Å². The third-order valence-electron chi connectivity index (χ3n) is 3.62. The summed E-state index contributed by atoms with van der Waals surface area (Å²) in [5.74, 6) is -4.80. The Bertz CT molecular complexity index is 509. The molecular formula is C14H15BrF3NO. The van der Waals surface area contributed by atoms with Gasteiger partial charge in [-0.05, 0) is 30.9 Å². The molecule has 0 bridgehead atoms. The van der Waals surface area contributed by atoms with Crippen LogP contribution in [0.2, 0.25) is 0 Å². The zero-order valence-corrected chi connectivity index (χ0v) is 12.4. The summed E-state index contributed by atoms with van der Waals surface area (Å²) in [6.07, 6.45) is 4.27. The Morgan fingerprint density at radius 3 is 2.60 bits per heavy atom. The molecule has 1 aliphatic carbocycles. The molecule has 1 N–H and O–H groups in total. The third kappa shape index (κ3) is 3.34. The number of rotatable bonds is 3. The van der Waals surface area contributed by atoms with Crippen molar-refractivity contribution in [3.8, 4) is 0 Å². The Morgan fingerprint density at radius 1 is 1.20 bits per heavy atom. The lowest BCUT2D eigenvalue weighted by atomic mass is 9.89. The van der Waals surface area contributed by atoms with Crippen LogP contribution in [0, 0.1) is 23.4 Å². The predicted octanol–water partition coefficient (Wildman–Crippen LogP) is 3.79. The van der Waals surface area contributed by atoms with E-state index < -0.39 is 28.9 Å². The minimum atomic E-state index is -1.62. The molecule has 110 valence electrons. The molecule has 1 fully saturated rings. The SMILES string of the molecule is O=C(NCC1CCCCC1Br)c1ccc(F)c(F)c1F. The number of halogens is 4. The van der Waals surface area contributed by atoms with Gasteiger partial charge in [0.25, 0.3) is 5.91 Å². The van der Waals surface area contributed by atoms with Crippen LogP contribution in [-0.4, -0.2) is 17.3 Å². The number of carbonyl (C=O) groups excluding carboxylic acids is 1. The summed E-state index contributed by atoms with van der Waals surface area (Å²) in [5.41, 5.74) is -0.467. The van der Waals surface area contributed by atoms with Crippen LogP contribution in [0.15, 0.2) is 12.1 Å². The van der Waals surface area contributed by atoms with Crippen LogP contribution < -0.4 is 5.32 Å². The van der Waals surface area contributed by atoms with Crippen molar-refractivity contribution >= 4 is 21.8 Å². The molecule has 1 amide bonds. The van der Waals surface area contributed by atoms with Crippen molar-refractivity contribution in [2.75, 3.05) is 6.54 Å².